The third kappa shape index (κ3) is 5.27. The van der Waals surface area contributed by atoms with Crippen LogP contribution in [0.2, 0.25) is 0 Å². The van der Waals surface area contributed by atoms with Gasteiger partial charge in [0.05, 0.1) is 5.69 Å². The van der Waals surface area contributed by atoms with Crippen LogP contribution in [0.4, 0.5) is 0 Å². The molecule has 0 aliphatic carbocycles. The van der Waals surface area contributed by atoms with Crippen molar-refractivity contribution in [3.05, 3.63) is 89.6 Å². The lowest BCUT2D eigenvalue weighted by molar-refractivity contribution is 0.0951. The average molecular weight is 374 g/mol. The summed E-state index contributed by atoms with van der Waals surface area (Å²) in [6.45, 7) is 3.57. The van der Waals surface area contributed by atoms with E-state index in [0.717, 1.165) is 23.4 Å². The van der Waals surface area contributed by atoms with Crippen molar-refractivity contribution in [3.63, 3.8) is 0 Å². The van der Waals surface area contributed by atoms with Gasteiger partial charge in [0, 0.05) is 30.4 Å². The number of carbonyl (C=O) groups is 1. The molecular weight excluding hydrogens is 346 g/mol. The third-order valence-electron chi connectivity index (χ3n) is 4.68. The SMILES string of the molecule is C[C@@H](CNC(=O)c1cccc(-c2ccc(CN(C)C)cn2)c1)c1ccccc1. The number of hydrogen-bond acceptors (Lipinski definition) is 3. The molecule has 0 aliphatic rings. The zero-order chi connectivity index (χ0) is 19.9. The monoisotopic (exact) mass is 373 g/mol. The van der Waals surface area contributed by atoms with Gasteiger partial charge in [0.25, 0.3) is 5.91 Å². The number of rotatable bonds is 7. The number of amides is 1. The summed E-state index contributed by atoms with van der Waals surface area (Å²) in [4.78, 5) is 19.3. The maximum absolute atomic E-state index is 12.6. The molecule has 0 saturated heterocycles. The number of pyridine rings is 1. The van der Waals surface area contributed by atoms with Crippen LogP contribution in [0.3, 0.4) is 0 Å². The second-order valence-corrected chi connectivity index (χ2v) is 7.39. The van der Waals surface area contributed by atoms with Crippen molar-refractivity contribution in [1.82, 2.24) is 15.2 Å². The molecule has 0 radical (unpaired) electrons. The number of carbonyl (C=O) groups excluding carboxylic acids is 1. The van der Waals surface area contributed by atoms with Crippen molar-refractivity contribution in [2.75, 3.05) is 20.6 Å². The molecular formula is C24H27N3O. The first kappa shape index (κ1) is 19.8. The molecule has 3 aromatic rings. The van der Waals surface area contributed by atoms with Gasteiger partial charge < -0.3 is 10.2 Å². The topological polar surface area (TPSA) is 45.2 Å². The first-order chi connectivity index (χ1) is 13.5. The molecule has 1 N–H and O–H groups in total. The quantitative estimate of drug-likeness (QED) is 0.670. The maximum Gasteiger partial charge on any atom is 0.251 e. The number of hydrogen-bond donors (Lipinski definition) is 1. The lowest BCUT2D eigenvalue weighted by Gasteiger charge is -2.13. The van der Waals surface area contributed by atoms with Crippen LogP contribution < -0.4 is 5.32 Å². The number of nitrogens with zero attached hydrogens (tertiary/aromatic N) is 2. The zero-order valence-corrected chi connectivity index (χ0v) is 16.7. The second kappa shape index (κ2) is 9.29. The summed E-state index contributed by atoms with van der Waals surface area (Å²) >= 11 is 0. The molecule has 0 aliphatic heterocycles. The molecule has 1 aromatic heterocycles. The van der Waals surface area contributed by atoms with Crippen LogP contribution in [-0.2, 0) is 6.54 Å². The van der Waals surface area contributed by atoms with Gasteiger partial charge in [0.1, 0.15) is 0 Å². The molecule has 3 rings (SSSR count). The van der Waals surface area contributed by atoms with Gasteiger partial charge in [-0.25, -0.2) is 0 Å². The smallest absolute Gasteiger partial charge is 0.251 e. The van der Waals surface area contributed by atoms with Crippen LogP contribution in [0, 0.1) is 0 Å². The van der Waals surface area contributed by atoms with Crippen molar-refractivity contribution in [1.29, 1.82) is 0 Å². The van der Waals surface area contributed by atoms with Crippen LogP contribution in [0.1, 0.15) is 34.3 Å². The Kier molecular flexibility index (Phi) is 6.56. The Morgan fingerprint density at radius 2 is 1.82 bits per heavy atom. The van der Waals surface area contributed by atoms with Crippen molar-refractivity contribution in [3.8, 4) is 11.3 Å². The van der Waals surface area contributed by atoms with E-state index in [0.29, 0.717) is 12.1 Å². The van der Waals surface area contributed by atoms with Gasteiger partial charge in [-0.2, -0.15) is 0 Å². The Morgan fingerprint density at radius 3 is 2.50 bits per heavy atom. The molecule has 4 nitrogen and oxygen atoms in total. The van der Waals surface area contributed by atoms with Gasteiger partial charge in [-0.3, -0.25) is 9.78 Å². The summed E-state index contributed by atoms with van der Waals surface area (Å²) in [6.07, 6.45) is 1.89. The Bertz CT molecular complexity index is 905. The summed E-state index contributed by atoms with van der Waals surface area (Å²) in [5.74, 6) is 0.202. The van der Waals surface area contributed by atoms with Crippen LogP contribution in [0.5, 0.6) is 0 Å². The highest BCUT2D eigenvalue weighted by molar-refractivity contribution is 5.95. The van der Waals surface area contributed by atoms with Crippen LogP contribution in [0.25, 0.3) is 11.3 Å². The fourth-order valence-corrected chi connectivity index (χ4v) is 3.12. The minimum absolute atomic E-state index is 0.0612. The molecule has 1 amide bonds. The zero-order valence-electron chi connectivity index (χ0n) is 16.7. The molecule has 0 bridgehead atoms. The van der Waals surface area contributed by atoms with Gasteiger partial charge in [0.15, 0.2) is 0 Å². The predicted octanol–water partition coefficient (Wildman–Crippen LogP) is 4.34. The average Bonchev–Trinajstić information content (AvgIpc) is 2.72. The summed E-state index contributed by atoms with van der Waals surface area (Å²) in [6, 6.07) is 21.9. The standard InChI is InChI=1S/C24H27N3O/c1-18(20-8-5-4-6-9-20)15-26-24(28)22-11-7-10-21(14-22)23-13-12-19(16-25-23)17-27(2)3/h4-14,16,18H,15,17H2,1-3H3,(H,26,28)/t18-/m0/s1. The van der Waals surface area contributed by atoms with Gasteiger partial charge in [0.2, 0.25) is 0 Å². The molecule has 4 heteroatoms. The van der Waals surface area contributed by atoms with Crippen molar-refractivity contribution in [2.24, 2.45) is 0 Å². The van der Waals surface area contributed by atoms with Crippen molar-refractivity contribution in [2.45, 2.75) is 19.4 Å². The highest BCUT2D eigenvalue weighted by atomic mass is 16.1. The first-order valence-electron chi connectivity index (χ1n) is 9.56. The lowest BCUT2D eigenvalue weighted by Crippen LogP contribution is -2.27. The number of nitrogens with one attached hydrogen (secondary N) is 1. The highest BCUT2D eigenvalue weighted by Gasteiger charge is 2.11. The Morgan fingerprint density at radius 1 is 1.04 bits per heavy atom. The van der Waals surface area contributed by atoms with Gasteiger partial charge in [-0.15, -0.1) is 0 Å². The fourth-order valence-electron chi connectivity index (χ4n) is 3.12. The third-order valence-corrected chi connectivity index (χ3v) is 4.68. The summed E-state index contributed by atoms with van der Waals surface area (Å²) in [5, 5.41) is 3.04. The summed E-state index contributed by atoms with van der Waals surface area (Å²) in [5.41, 5.74) is 4.85. The van der Waals surface area contributed by atoms with E-state index in [1.807, 2.05) is 68.8 Å². The van der Waals surface area contributed by atoms with E-state index in [9.17, 15) is 4.79 Å². The fraction of sp³-hybridized carbons (Fsp3) is 0.250. The molecule has 2 aromatic carbocycles. The lowest BCUT2D eigenvalue weighted by atomic mass is 10.0. The summed E-state index contributed by atoms with van der Waals surface area (Å²) in [7, 11) is 4.07. The molecule has 28 heavy (non-hydrogen) atoms. The van der Waals surface area contributed by atoms with Crippen molar-refractivity contribution >= 4 is 5.91 Å². The molecule has 1 atom stereocenters. The molecule has 144 valence electrons. The van der Waals surface area contributed by atoms with E-state index in [2.05, 4.69) is 40.3 Å². The molecule has 0 fully saturated rings. The molecule has 0 unspecified atom stereocenters. The van der Waals surface area contributed by atoms with Crippen LogP contribution in [0.15, 0.2) is 72.9 Å². The minimum atomic E-state index is -0.0612. The summed E-state index contributed by atoms with van der Waals surface area (Å²) < 4.78 is 0. The molecule has 0 spiro atoms. The van der Waals surface area contributed by atoms with Crippen LogP contribution >= 0.6 is 0 Å². The predicted molar refractivity (Wildman–Crippen MR) is 114 cm³/mol. The normalized spacial score (nSPS) is 12.0. The van der Waals surface area contributed by atoms with E-state index < -0.39 is 0 Å². The number of benzene rings is 2. The largest absolute Gasteiger partial charge is 0.351 e. The highest BCUT2D eigenvalue weighted by Crippen LogP contribution is 2.19. The van der Waals surface area contributed by atoms with Gasteiger partial charge in [-0.1, -0.05) is 55.5 Å². The maximum atomic E-state index is 12.6. The Hall–Kier alpha value is -2.98. The van der Waals surface area contributed by atoms with Crippen molar-refractivity contribution < 1.29 is 4.79 Å². The molecule has 1 heterocycles. The minimum Gasteiger partial charge on any atom is -0.351 e. The van der Waals surface area contributed by atoms with Crippen LogP contribution in [-0.4, -0.2) is 36.4 Å². The van der Waals surface area contributed by atoms with E-state index in [4.69, 9.17) is 0 Å². The van der Waals surface area contributed by atoms with E-state index in [1.165, 1.54) is 5.56 Å². The van der Waals surface area contributed by atoms with Gasteiger partial charge in [-0.05, 0) is 49.3 Å². The Balaban J connectivity index is 1.66. The Labute approximate surface area is 167 Å². The molecule has 0 saturated carbocycles. The second-order valence-electron chi connectivity index (χ2n) is 7.39. The first-order valence-corrected chi connectivity index (χ1v) is 9.56. The van der Waals surface area contributed by atoms with E-state index in [1.54, 1.807) is 0 Å². The van der Waals surface area contributed by atoms with E-state index in [-0.39, 0.29) is 11.8 Å². The number of aromatic nitrogens is 1. The van der Waals surface area contributed by atoms with Gasteiger partial charge >= 0.3 is 0 Å². The van der Waals surface area contributed by atoms with E-state index >= 15 is 0 Å².